The lowest BCUT2D eigenvalue weighted by molar-refractivity contribution is 0.193. The van der Waals surface area contributed by atoms with Crippen molar-refractivity contribution in [1.29, 1.82) is 0 Å². The minimum Gasteiger partial charge on any atom is -0.465 e. The molecule has 0 aliphatic heterocycles. The third-order valence-electron chi connectivity index (χ3n) is 2.03. The summed E-state index contributed by atoms with van der Waals surface area (Å²) < 4.78 is 0. The van der Waals surface area contributed by atoms with Gasteiger partial charge in [0.15, 0.2) is 0 Å². The number of carbonyl (C=O) groups is 1. The quantitative estimate of drug-likeness (QED) is 0.829. The molecule has 0 saturated heterocycles. The van der Waals surface area contributed by atoms with E-state index in [9.17, 15) is 4.79 Å². The zero-order valence-electron chi connectivity index (χ0n) is 8.87. The van der Waals surface area contributed by atoms with Gasteiger partial charge in [0.05, 0.1) is 17.9 Å². The molecule has 2 N–H and O–H groups in total. The van der Waals surface area contributed by atoms with Crippen molar-refractivity contribution in [2.45, 2.75) is 6.54 Å². The van der Waals surface area contributed by atoms with Crippen molar-refractivity contribution < 1.29 is 9.90 Å². The van der Waals surface area contributed by atoms with Gasteiger partial charge in [0.1, 0.15) is 5.82 Å². The molecule has 2 rings (SSSR count). The smallest absolute Gasteiger partial charge is 0.405 e. The summed E-state index contributed by atoms with van der Waals surface area (Å²) >= 11 is 0. The van der Waals surface area contributed by atoms with Crippen molar-refractivity contribution in [3.8, 4) is 11.4 Å². The second-order valence-electron chi connectivity index (χ2n) is 3.23. The standard InChI is InChI=1S/C11H10N4O2/c16-11(17)14-7-10-13-6-4-9(15-10)8-3-1-2-5-12-8/h1-6,14H,7H2,(H,16,17). The highest BCUT2D eigenvalue weighted by molar-refractivity contribution is 5.64. The van der Waals surface area contributed by atoms with Crippen molar-refractivity contribution in [1.82, 2.24) is 20.3 Å². The average molecular weight is 230 g/mol. The van der Waals surface area contributed by atoms with E-state index < -0.39 is 6.09 Å². The molecular formula is C11H10N4O2. The highest BCUT2D eigenvalue weighted by Crippen LogP contribution is 2.12. The fraction of sp³-hybridized carbons (Fsp3) is 0.0909. The van der Waals surface area contributed by atoms with Crippen LogP contribution in [-0.2, 0) is 6.54 Å². The lowest BCUT2D eigenvalue weighted by Gasteiger charge is -2.03. The Bertz CT molecular complexity index is 516. The predicted octanol–water partition coefficient (Wildman–Crippen LogP) is 1.31. The first-order chi connectivity index (χ1) is 8.25. The average Bonchev–Trinajstić information content (AvgIpc) is 2.38. The van der Waals surface area contributed by atoms with Gasteiger partial charge in [-0.1, -0.05) is 6.07 Å². The van der Waals surface area contributed by atoms with Crippen LogP contribution < -0.4 is 5.32 Å². The van der Waals surface area contributed by atoms with Crippen LogP contribution in [0.1, 0.15) is 5.82 Å². The van der Waals surface area contributed by atoms with E-state index in [4.69, 9.17) is 5.11 Å². The van der Waals surface area contributed by atoms with Gasteiger partial charge in [0.25, 0.3) is 0 Å². The van der Waals surface area contributed by atoms with E-state index in [-0.39, 0.29) is 6.54 Å². The molecule has 2 aromatic rings. The Morgan fingerprint density at radius 1 is 1.18 bits per heavy atom. The second kappa shape index (κ2) is 5.02. The minimum atomic E-state index is -1.10. The summed E-state index contributed by atoms with van der Waals surface area (Å²) in [6, 6.07) is 7.24. The number of hydrogen-bond donors (Lipinski definition) is 2. The fourth-order valence-electron chi connectivity index (χ4n) is 1.30. The molecule has 2 heterocycles. The predicted molar refractivity (Wildman–Crippen MR) is 60.1 cm³/mol. The Labute approximate surface area is 97.4 Å². The molecule has 0 aliphatic carbocycles. The molecule has 0 aromatic carbocycles. The van der Waals surface area contributed by atoms with Gasteiger partial charge in [-0.15, -0.1) is 0 Å². The molecule has 0 bridgehead atoms. The van der Waals surface area contributed by atoms with E-state index in [0.717, 1.165) is 5.69 Å². The van der Waals surface area contributed by atoms with Gasteiger partial charge in [-0.3, -0.25) is 4.98 Å². The van der Waals surface area contributed by atoms with E-state index in [1.165, 1.54) is 0 Å². The van der Waals surface area contributed by atoms with E-state index >= 15 is 0 Å². The van der Waals surface area contributed by atoms with E-state index in [1.54, 1.807) is 18.5 Å². The Morgan fingerprint density at radius 3 is 2.76 bits per heavy atom. The van der Waals surface area contributed by atoms with Gasteiger partial charge in [-0.05, 0) is 18.2 Å². The van der Waals surface area contributed by atoms with Crippen molar-refractivity contribution >= 4 is 6.09 Å². The van der Waals surface area contributed by atoms with Crippen LogP contribution in [0.3, 0.4) is 0 Å². The van der Waals surface area contributed by atoms with Gasteiger partial charge in [-0.2, -0.15) is 0 Å². The lowest BCUT2D eigenvalue weighted by Crippen LogP contribution is -2.21. The maximum absolute atomic E-state index is 10.3. The second-order valence-corrected chi connectivity index (χ2v) is 3.23. The first-order valence-corrected chi connectivity index (χ1v) is 4.96. The van der Waals surface area contributed by atoms with Crippen molar-refractivity contribution in [2.75, 3.05) is 0 Å². The van der Waals surface area contributed by atoms with Crippen LogP contribution >= 0.6 is 0 Å². The maximum Gasteiger partial charge on any atom is 0.405 e. The van der Waals surface area contributed by atoms with Crippen LogP contribution in [0.5, 0.6) is 0 Å². The number of hydrogen-bond acceptors (Lipinski definition) is 4. The fourth-order valence-corrected chi connectivity index (χ4v) is 1.30. The zero-order chi connectivity index (χ0) is 12.1. The molecule has 0 aliphatic rings. The van der Waals surface area contributed by atoms with Crippen LogP contribution in [0, 0.1) is 0 Å². The number of nitrogens with zero attached hydrogens (tertiary/aromatic N) is 3. The summed E-state index contributed by atoms with van der Waals surface area (Å²) in [5, 5.41) is 10.7. The van der Waals surface area contributed by atoms with Crippen molar-refractivity contribution in [3.05, 3.63) is 42.5 Å². The first kappa shape index (κ1) is 11.0. The minimum absolute atomic E-state index is 0.0794. The Morgan fingerprint density at radius 2 is 2.06 bits per heavy atom. The molecule has 6 nitrogen and oxygen atoms in total. The number of nitrogens with one attached hydrogen (secondary N) is 1. The summed E-state index contributed by atoms with van der Waals surface area (Å²) in [7, 11) is 0. The monoisotopic (exact) mass is 230 g/mol. The van der Waals surface area contributed by atoms with Crippen LogP contribution in [0.15, 0.2) is 36.7 Å². The summed E-state index contributed by atoms with van der Waals surface area (Å²) in [6.07, 6.45) is 2.15. The van der Waals surface area contributed by atoms with E-state index in [0.29, 0.717) is 11.5 Å². The topological polar surface area (TPSA) is 88.0 Å². The van der Waals surface area contributed by atoms with Gasteiger partial charge < -0.3 is 10.4 Å². The normalized spacial score (nSPS) is 9.88. The highest BCUT2D eigenvalue weighted by Gasteiger charge is 2.03. The number of carboxylic acid groups (broad SMARTS) is 1. The highest BCUT2D eigenvalue weighted by atomic mass is 16.4. The Hall–Kier alpha value is -2.50. The lowest BCUT2D eigenvalue weighted by atomic mass is 10.2. The van der Waals surface area contributed by atoms with E-state index in [1.807, 2.05) is 18.2 Å². The summed E-state index contributed by atoms with van der Waals surface area (Å²) in [5.41, 5.74) is 1.40. The van der Waals surface area contributed by atoms with E-state index in [2.05, 4.69) is 20.3 Å². The molecule has 0 radical (unpaired) electrons. The molecule has 0 fully saturated rings. The first-order valence-electron chi connectivity index (χ1n) is 4.96. The molecule has 17 heavy (non-hydrogen) atoms. The SMILES string of the molecule is O=C(O)NCc1nccc(-c2ccccn2)n1. The Kier molecular flexibility index (Phi) is 3.25. The Balaban J connectivity index is 2.20. The number of amides is 1. The van der Waals surface area contributed by atoms with Crippen LogP contribution in [0.4, 0.5) is 4.79 Å². The molecule has 0 atom stereocenters. The number of pyridine rings is 1. The molecule has 86 valence electrons. The molecule has 0 saturated carbocycles. The van der Waals surface area contributed by atoms with Crippen LogP contribution in [-0.4, -0.2) is 26.2 Å². The largest absolute Gasteiger partial charge is 0.465 e. The molecule has 1 amide bonds. The summed E-state index contributed by atoms with van der Waals surface area (Å²) in [4.78, 5) is 22.7. The molecular weight excluding hydrogens is 220 g/mol. The zero-order valence-corrected chi connectivity index (χ0v) is 8.87. The third-order valence-corrected chi connectivity index (χ3v) is 2.03. The summed E-state index contributed by atoms with van der Waals surface area (Å²) in [5.74, 6) is 0.413. The third kappa shape index (κ3) is 2.97. The summed E-state index contributed by atoms with van der Waals surface area (Å²) in [6.45, 7) is 0.0794. The van der Waals surface area contributed by atoms with Gasteiger partial charge in [-0.25, -0.2) is 14.8 Å². The molecule has 6 heteroatoms. The van der Waals surface area contributed by atoms with Crippen LogP contribution in [0.25, 0.3) is 11.4 Å². The van der Waals surface area contributed by atoms with Gasteiger partial charge in [0, 0.05) is 12.4 Å². The van der Waals surface area contributed by atoms with Gasteiger partial charge >= 0.3 is 6.09 Å². The number of aromatic nitrogens is 3. The number of rotatable bonds is 3. The molecule has 2 aromatic heterocycles. The van der Waals surface area contributed by atoms with Crippen molar-refractivity contribution in [3.63, 3.8) is 0 Å². The maximum atomic E-state index is 10.3. The molecule has 0 spiro atoms. The van der Waals surface area contributed by atoms with Gasteiger partial charge in [0.2, 0.25) is 0 Å². The molecule has 0 unspecified atom stereocenters. The van der Waals surface area contributed by atoms with Crippen molar-refractivity contribution in [2.24, 2.45) is 0 Å². The van der Waals surface area contributed by atoms with Crippen LogP contribution in [0.2, 0.25) is 0 Å².